The van der Waals surface area contributed by atoms with Gasteiger partial charge in [0.2, 0.25) is 0 Å². The van der Waals surface area contributed by atoms with Gasteiger partial charge in [0.15, 0.2) is 5.82 Å². The van der Waals surface area contributed by atoms with E-state index in [4.69, 9.17) is 0 Å². The molecule has 0 aliphatic rings. The van der Waals surface area contributed by atoms with Crippen LogP contribution in [0.2, 0.25) is 0 Å². The van der Waals surface area contributed by atoms with Crippen LogP contribution in [0, 0.1) is 13.8 Å². The summed E-state index contributed by atoms with van der Waals surface area (Å²) >= 11 is 0. The summed E-state index contributed by atoms with van der Waals surface area (Å²) in [5.74, 6) is 1.22. The number of pyridine rings is 1. The molecule has 27 heavy (non-hydrogen) atoms. The third kappa shape index (κ3) is 5.24. The van der Waals surface area contributed by atoms with Crippen LogP contribution in [-0.4, -0.2) is 34.2 Å². The van der Waals surface area contributed by atoms with E-state index in [0.29, 0.717) is 30.3 Å². The molecular weight excluding hydrogens is 340 g/mol. The Kier molecular flexibility index (Phi) is 5.94. The van der Waals surface area contributed by atoms with Gasteiger partial charge in [0, 0.05) is 36.7 Å². The Morgan fingerprint density at radius 3 is 2.33 bits per heavy atom. The number of amides is 1. The van der Waals surface area contributed by atoms with Gasteiger partial charge in [-0.25, -0.2) is 0 Å². The van der Waals surface area contributed by atoms with Gasteiger partial charge in [-0.3, -0.25) is 9.78 Å². The summed E-state index contributed by atoms with van der Waals surface area (Å²) in [5, 5.41) is 17.4. The van der Waals surface area contributed by atoms with Gasteiger partial charge in [0.1, 0.15) is 5.82 Å². The van der Waals surface area contributed by atoms with Crippen LogP contribution in [0.5, 0.6) is 0 Å². The number of hydrogen-bond acceptors (Lipinski definition) is 6. The highest BCUT2D eigenvalue weighted by atomic mass is 16.1. The summed E-state index contributed by atoms with van der Waals surface area (Å²) in [6.45, 7) is 5.08. The number of nitrogens with one attached hydrogen (secondary N) is 3. The van der Waals surface area contributed by atoms with Crippen LogP contribution in [0.25, 0.3) is 0 Å². The van der Waals surface area contributed by atoms with Crippen molar-refractivity contribution in [3.8, 4) is 0 Å². The minimum atomic E-state index is -0.0807. The molecular formula is C20H22N6O. The second-order valence-electron chi connectivity index (χ2n) is 6.15. The maximum absolute atomic E-state index is 12.2. The molecule has 7 heteroatoms. The number of rotatable bonds is 7. The van der Waals surface area contributed by atoms with Crippen molar-refractivity contribution in [3.05, 3.63) is 71.5 Å². The molecule has 3 rings (SSSR count). The molecule has 0 bridgehead atoms. The SMILES string of the molecule is Cc1ccc(C(=O)NCCNc2ccc(Nc3ccncc3)nn2)cc1C. The van der Waals surface area contributed by atoms with E-state index in [9.17, 15) is 4.79 Å². The lowest BCUT2D eigenvalue weighted by Crippen LogP contribution is -2.29. The van der Waals surface area contributed by atoms with Crippen molar-refractivity contribution in [1.82, 2.24) is 20.5 Å². The van der Waals surface area contributed by atoms with Crippen LogP contribution in [0.15, 0.2) is 54.9 Å². The standard InChI is InChI=1S/C20H22N6O/c1-14-3-4-16(13-15(14)2)20(27)23-12-11-22-18-5-6-19(26-25-18)24-17-7-9-21-10-8-17/h3-10,13H,11-12H2,1-2H3,(H,22,25)(H,23,27)(H,21,24,26). The molecule has 0 aliphatic carbocycles. The molecule has 0 fully saturated rings. The molecule has 2 aromatic heterocycles. The van der Waals surface area contributed by atoms with Crippen LogP contribution in [0.3, 0.4) is 0 Å². The Hall–Kier alpha value is -3.48. The fourth-order valence-electron chi connectivity index (χ4n) is 2.43. The van der Waals surface area contributed by atoms with Crippen molar-refractivity contribution in [1.29, 1.82) is 0 Å². The fraction of sp³-hybridized carbons (Fsp3) is 0.200. The lowest BCUT2D eigenvalue weighted by molar-refractivity contribution is 0.0955. The molecule has 0 saturated heterocycles. The quantitative estimate of drug-likeness (QED) is 0.560. The monoisotopic (exact) mass is 362 g/mol. The van der Waals surface area contributed by atoms with Crippen molar-refractivity contribution in [2.45, 2.75) is 13.8 Å². The number of nitrogens with zero attached hydrogens (tertiary/aromatic N) is 3. The fourth-order valence-corrected chi connectivity index (χ4v) is 2.43. The van der Waals surface area contributed by atoms with Gasteiger partial charge >= 0.3 is 0 Å². The predicted molar refractivity (Wildman–Crippen MR) is 106 cm³/mol. The number of hydrogen-bond donors (Lipinski definition) is 3. The minimum Gasteiger partial charge on any atom is -0.367 e. The number of carbonyl (C=O) groups excluding carboxylic acids is 1. The van der Waals surface area contributed by atoms with Gasteiger partial charge in [-0.2, -0.15) is 0 Å². The molecule has 0 spiro atoms. The molecule has 0 atom stereocenters. The van der Waals surface area contributed by atoms with E-state index in [1.807, 2.05) is 56.3 Å². The van der Waals surface area contributed by atoms with E-state index in [2.05, 4.69) is 31.1 Å². The lowest BCUT2D eigenvalue weighted by Gasteiger charge is -2.09. The third-order valence-corrected chi connectivity index (χ3v) is 4.10. The van der Waals surface area contributed by atoms with Gasteiger partial charge < -0.3 is 16.0 Å². The summed E-state index contributed by atoms with van der Waals surface area (Å²) in [7, 11) is 0. The van der Waals surface area contributed by atoms with E-state index in [0.717, 1.165) is 11.3 Å². The first-order chi connectivity index (χ1) is 13.1. The smallest absolute Gasteiger partial charge is 0.251 e. The second-order valence-corrected chi connectivity index (χ2v) is 6.15. The largest absolute Gasteiger partial charge is 0.367 e. The van der Waals surface area contributed by atoms with E-state index in [1.54, 1.807) is 12.4 Å². The zero-order valence-corrected chi connectivity index (χ0v) is 15.4. The summed E-state index contributed by atoms with van der Waals surface area (Å²) in [4.78, 5) is 16.1. The maximum Gasteiger partial charge on any atom is 0.251 e. The molecule has 0 radical (unpaired) electrons. The van der Waals surface area contributed by atoms with Gasteiger partial charge in [-0.1, -0.05) is 6.07 Å². The van der Waals surface area contributed by atoms with Crippen LogP contribution in [0.1, 0.15) is 21.5 Å². The molecule has 0 saturated carbocycles. The Morgan fingerprint density at radius 1 is 0.889 bits per heavy atom. The Bertz CT molecular complexity index is 896. The Balaban J connectivity index is 1.43. The first-order valence-electron chi connectivity index (χ1n) is 8.72. The van der Waals surface area contributed by atoms with Gasteiger partial charge in [-0.15, -0.1) is 10.2 Å². The molecule has 3 N–H and O–H groups in total. The van der Waals surface area contributed by atoms with Gasteiger partial charge in [0.05, 0.1) is 0 Å². The first kappa shape index (κ1) is 18.3. The zero-order valence-electron chi connectivity index (χ0n) is 15.4. The lowest BCUT2D eigenvalue weighted by atomic mass is 10.1. The van der Waals surface area contributed by atoms with Crippen LogP contribution in [-0.2, 0) is 0 Å². The minimum absolute atomic E-state index is 0.0807. The van der Waals surface area contributed by atoms with Crippen molar-refractivity contribution < 1.29 is 4.79 Å². The normalized spacial score (nSPS) is 10.3. The topological polar surface area (TPSA) is 91.8 Å². The van der Waals surface area contributed by atoms with Gasteiger partial charge in [0.25, 0.3) is 5.91 Å². The molecule has 1 amide bonds. The number of carbonyl (C=O) groups is 1. The van der Waals surface area contributed by atoms with E-state index in [1.165, 1.54) is 5.56 Å². The highest BCUT2D eigenvalue weighted by Gasteiger charge is 2.06. The van der Waals surface area contributed by atoms with Gasteiger partial charge in [-0.05, 0) is 61.4 Å². The van der Waals surface area contributed by atoms with Crippen molar-refractivity contribution in [3.63, 3.8) is 0 Å². The number of benzene rings is 1. The van der Waals surface area contributed by atoms with E-state index >= 15 is 0 Å². The average Bonchev–Trinajstić information content (AvgIpc) is 2.69. The number of aryl methyl sites for hydroxylation is 2. The van der Waals surface area contributed by atoms with Crippen LogP contribution < -0.4 is 16.0 Å². The zero-order chi connectivity index (χ0) is 19.1. The van der Waals surface area contributed by atoms with E-state index in [-0.39, 0.29) is 5.91 Å². The predicted octanol–water partition coefficient (Wildman–Crippen LogP) is 3.07. The third-order valence-electron chi connectivity index (χ3n) is 4.10. The summed E-state index contributed by atoms with van der Waals surface area (Å²) in [6.07, 6.45) is 3.41. The number of aromatic nitrogens is 3. The Morgan fingerprint density at radius 2 is 1.63 bits per heavy atom. The molecule has 7 nitrogen and oxygen atoms in total. The number of anilines is 3. The second kappa shape index (κ2) is 8.75. The summed E-state index contributed by atoms with van der Waals surface area (Å²) in [6, 6.07) is 13.1. The molecule has 2 heterocycles. The Labute approximate surface area is 158 Å². The molecule has 0 aliphatic heterocycles. The van der Waals surface area contributed by atoms with Crippen molar-refractivity contribution in [2.24, 2.45) is 0 Å². The molecule has 138 valence electrons. The molecule has 3 aromatic rings. The average molecular weight is 362 g/mol. The van der Waals surface area contributed by atoms with E-state index < -0.39 is 0 Å². The molecule has 1 aromatic carbocycles. The van der Waals surface area contributed by atoms with Crippen molar-refractivity contribution in [2.75, 3.05) is 23.7 Å². The highest BCUT2D eigenvalue weighted by Crippen LogP contribution is 2.13. The highest BCUT2D eigenvalue weighted by molar-refractivity contribution is 5.94. The maximum atomic E-state index is 12.2. The molecule has 0 unspecified atom stereocenters. The summed E-state index contributed by atoms with van der Waals surface area (Å²) < 4.78 is 0. The summed E-state index contributed by atoms with van der Waals surface area (Å²) in [5.41, 5.74) is 3.85. The first-order valence-corrected chi connectivity index (χ1v) is 8.72. The van der Waals surface area contributed by atoms with Crippen LogP contribution >= 0.6 is 0 Å². The van der Waals surface area contributed by atoms with Crippen LogP contribution in [0.4, 0.5) is 17.3 Å². The van der Waals surface area contributed by atoms with Crippen molar-refractivity contribution >= 4 is 23.2 Å².